The summed E-state index contributed by atoms with van der Waals surface area (Å²) in [5.41, 5.74) is 4.97. The van der Waals surface area contributed by atoms with E-state index in [2.05, 4.69) is 28.6 Å². The van der Waals surface area contributed by atoms with E-state index >= 15 is 0 Å². The maximum Gasteiger partial charge on any atom is 0.332 e. The van der Waals surface area contributed by atoms with E-state index in [-0.39, 0.29) is 18.3 Å². The largest absolute Gasteiger partial charge is 0.479 e. The van der Waals surface area contributed by atoms with Crippen LogP contribution in [-0.2, 0) is 19.7 Å². The highest BCUT2D eigenvalue weighted by Gasteiger charge is 2.40. The van der Waals surface area contributed by atoms with Crippen molar-refractivity contribution in [2.24, 2.45) is 0 Å². The van der Waals surface area contributed by atoms with Crippen molar-refractivity contribution in [3.63, 3.8) is 0 Å². The fraction of sp³-hybridized carbons (Fsp3) is 0.400. The molecule has 2 atom stereocenters. The number of fused-ring (bicyclic) bond motifs is 2. The van der Waals surface area contributed by atoms with Crippen LogP contribution in [0.1, 0.15) is 43.0 Å². The number of benzene rings is 1. The van der Waals surface area contributed by atoms with Gasteiger partial charge in [-0.2, -0.15) is 5.10 Å². The molecule has 4 heterocycles. The van der Waals surface area contributed by atoms with Crippen molar-refractivity contribution in [3.05, 3.63) is 53.1 Å². The molecule has 0 unspecified atom stereocenters. The summed E-state index contributed by atoms with van der Waals surface area (Å²) in [4.78, 5) is 16.6. The first-order valence-corrected chi connectivity index (χ1v) is 11.2. The van der Waals surface area contributed by atoms with Gasteiger partial charge < -0.3 is 19.1 Å². The van der Waals surface area contributed by atoms with Crippen LogP contribution in [0.2, 0.25) is 0 Å². The Hall–Kier alpha value is -3.30. The molecule has 1 aliphatic heterocycles. The van der Waals surface area contributed by atoms with Crippen molar-refractivity contribution in [1.29, 1.82) is 0 Å². The molecule has 3 aromatic heterocycles. The highest BCUT2D eigenvalue weighted by molar-refractivity contribution is 5.94. The summed E-state index contributed by atoms with van der Waals surface area (Å²) in [6.45, 7) is 6.60. The van der Waals surface area contributed by atoms with Crippen molar-refractivity contribution in [2.45, 2.75) is 44.6 Å². The van der Waals surface area contributed by atoms with E-state index in [9.17, 15) is 14.3 Å². The fourth-order valence-corrected chi connectivity index (χ4v) is 5.11. The van der Waals surface area contributed by atoms with E-state index in [1.807, 2.05) is 12.1 Å². The van der Waals surface area contributed by atoms with E-state index in [0.29, 0.717) is 24.2 Å². The minimum atomic E-state index is -0.970. The van der Waals surface area contributed by atoms with E-state index in [1.54, 1.807) is 26.3 Å². The Morgan fingerprint density at radius 3 is 2.85 bits per heavy atom. The molecule has 4 aromatic rings. The first kappa shape index (κ1) is 22.5. The number of H-pyrrole nitrogens is 1. The van der Waals surface area contributed by atoms with Crippen LogP contribution in [0.3, 0.4) is 0 Å². The Balaban J connectivity index is 1.88. The number of rotatable bonds is 6. The summed E-state index contributed by atoms with van der Waals surface area (Å²) < 4.78 is 27.5. The van der Waals surface area contributed by atoms with Crippen molar-refractivity contribution in [1.82, 2.24) is 19.7 Å². The van der Waals surface area contributed by atoms with Gasteiger partial charge in [-0.3, -0.25) is 5.10 Å². The molecule has 0 spiro atoms. The molecule has 0 bridgehead atoms. The zero-order chi connectivity index (χ0) is 24.2. The number of aromatic amines is 1. The monoisotopic (exact) mass is 466 g/mol. The van der Waals surface area contributed by atoms with Crippen molar-refractivity contribution in [2.75, 3.05) is 20.3 Å². The Morgan fingerprint density at radius 2 is 2.18 bits per heavy atom. The number of aryl methyl sites for hydroxylation is 1. The standard InChI is InChI=1S/C25H27FN4O4/c1-13-7-16(5-6-17(13)26)30-18-8-14-10-27-29-23(14)28-21(18)20(22(30)25(2,3)12-33-4)15-9-19(24(31)32)34-11-15/h5-8,10,15,19H,9,11-12H2,1-4H3,(H,31,32)(H,27,28,29)/t15-,19+/m0/s1. The number of aromatic nitrogens is 4. The second kappa shape index (κ2) is 8.18. The van der Waals surface area contributed by atoms with Crippen LogP contribution in [-0.4, -0.2) is 57.3 Å². The molecule has 178 valence electrons. The van der Waals surface area contributed by atoms with Gasteiger partial charge in [0.25, 0.3) is 0 Å². The first-order chi connectivity index (χ1) is 16.2. The molecule has 1 aliphatic rings. The van der Waals surface area contributed by atoms with Gasteiger partial charge in [-0.1, -0.05) is 13.8 Å². The number of carbonyl (C=O) groups is 1. The van der Waals surface area contributed by atoms with E-state index < -0.39 is 17.5 Å². The zero-order valence-electron chi connectivity index (χ0n) is 19.6. The second-order valence-corrected chi connectivity index (χ2v) is 9.60. The Kier molecular flexibility index (Phi) is 5.41. The summed E-state index contributed by atoms with van der Waals surface area (Å²) >= 11 is 0. The molecule has 0 radical (unpaired) electrons. The number of hydrogen-bond donors (Lipinski definition) is 2. The summed E-state index contributed by atoms with van der Waals surface area (Å²) in [5, 5.41) is 17.5. The topological polar surface area (TPSA) is 102 Å². The van der Waals surface area contributed by atoms with Gasteiger partial charge in [-0.25, -0.2) is 14.2 Å². The van der Waals surface area contributed by atoms with Gasteiger partial charge in [0.05, 0.1) is 30.4 Å². The van der Waals surface area contributed by atoms with Crippen LogP contribution in [0.5, 0.6) is 0 Å². The molecule has 5 rings (SSSR count). The molecule has 34 heavy (non-hydrogen) atoms. The number of methoxy groups -OCH3 is 1. The number of carboxylic acids is 1. The summed E-state index contributed by atoms with van der Waals surface area (Å²) in [5.74, 6) is -1.42. The van der Waals surface area contributed by atoms with E-state index in [0.717, 1.165) is 33.4 Å². The number of ether oxygens (including phenoxy) is 2. The number of aliphatic carboxylic acids is 1. The van der Waals surface area contributed by atoms with Crippen molar-refractivity contribution in [3.8, 4) is 5.69 Å². The Bertz CT molecular complexity index is 1410. The maximum absolute atomic E-state index is 14.2. The lowest BCUT2D eigenvalue weighted by atomic mass is 9.82. The van der Waals surface area contributed by atoms with Gasteiger partial charge in [-0.15, -0.1) is 0 Å². The fourth-order valence-electron chi connectivity index (χ4n) is 5.11. The van der Waals surface area contributed by atoms with E-state index in [1.165, 1.54) is 6.07 Å². The molecule has 0 amide bonds. The highest BCUT2D eigenvalue weighted by atomic mass is 19.1. The molecule has 2 N–H and O–H groups in total. The first-order valence-electron chi connectivity index (χ1n) is 11.2. The number of nitrogens with one attached hydrogen (secondary N) is 1. The predicted molar refractivity (Wildman–Crippen MR) is 125 cm³/mol. The number of pyridine rings is 1. The Morgan fingerprint density at radius 1 is 1.38 bits per heavy atom. The molecular weight excluding hydrogens is 439 g/mol. The SMILES string of the molecule is COCC(C)(C)c1c([C@@H]2CO[C@@H](C(=O)O)C2)c2nc3[nH]ncc3cc2n1-c1ccc(F)c(C)c1. The zero-order valence-corrected chi connectivity index (χ0v) is 19.6. The molecular formula is C25H27FN4O4. The average Bonchev–Trinajstić information content (AvgIpc) is 3.50. The summed E-state index contributed by atoms with van der Waals surface area (Å²) in [6.07, 6.45) is 1.19. The number of carboxylic acid groups (broad SMARTS) is 1. The minimum Gasteiger partial charge on any atom is -0.479 e. The summed E-state index contributed by atoms with van der Waals surface area (Å²) in [6, 6.07) is 7.05. The van der Waals surface area contributed by atoms with Crippen LogP contribution in [0.25, 0.3) is 27.8 Å². The molecule has 1 aromatic carbocycles. The lowest BCUT2D eigenvalue weighted by Crippen LogP contribution is -2.29. The molecule has 1 saturated heterocycles. The van der Waals surface area contributed by atoms with Gasteiger partial charge in [0, 0.05) is 40.8 Å². The van der Waals surface area contributed by atoms with Crippen LogP contribution in [0.4, 0.5) is 4.39 Å². The Labute approximate surface area is 195 Å². The smallest absolute Gasteiger partial charge is 0.332 e. The van der Waals surface area contributed by atoms with Crippen molar-refractivity contribution >= 4 is 28.0 Å². The lowest BCUT2D eigenvalue weighted by molar-refractivity contribution is -0.147. The maximum atomic E-state index is 14.2. The summed E-state index contributed by atoms with van der Waals surface area (Å²) in [7, 11) is 1.66. The number of halogens is 1. The van der Waals surface area contributed by atoms with Gasteiger partial charge in [0.1, 0.15) is 5.82 Å². The quantitative estimate of drug-likeness (QED) is 0.441. The van der Waals surface area contributed by atoms with Gasteiger partial charge in [0.2, 0.25) is 0 Å². The molecule has 0 saturated carbocycles. The molecule has 8 nitrogen and oxygen atoms in total. The van der Waals surface area contributed by atoms with E-state index in [4.69, 9.17) is 14.5 Å². The second-order valence-electron chi connectivity index (χ2n) is 9.60. The third kappa shape index (κ3) is 3.56. The lowest BCUT2D eigenvalue weighted by Gasteiger charge is -2.29. The van der Waals surface area contributed by atoms with Gasteiger partial charge in [-0.05, 0) is 43.2 Å². The predicted octanol–water partition coefficient (Wildman–Crippen LogP) is 4.23. The number of nitrogens with zero attached hydrogens (tertiary/aromatic N) is 3. The molecule has 0 aliphatic carbocycles. The van der Waals surface area contributed by atoms with Crippen LogP contribution >= 0.6 is 0 Å². The van der Waals surface area contributed by atoms with Gasteiger partial charge >= 0.3 is 5.97 Å². The van der Waals surface area contributed by atoms with Crippen LogP contribution in [0, 0.1) is 12.7 Å². The van der Waals surface area contributed by atoms with Gasteiger partial charge in [0.15, 0.2) is 11.8 Å². The van der Waals surface area contributed by atoms with Crippen molar-refractivity contribution < 1.29 is 23.8 Å². The third-order valence-corrected chi connectivity index (χ3v) is 6.61. The number of hydrogen-bond acceptors (Lipinski definition) is 5. The third-order valence-electron chi connectivity index (χ3n) is 6.61. The highest BCUT2D eigenvalue weighted by Crippen LogP contribution is 2.44. The molecule has 9 heteroatoms. The normalized spacial score (nSPS) is 18.9. The van der Waals surface area contributed by atoms with Crippen LogP contribution in [0.15, 0.2) is 30.5 Å². The van der Waals surface area contributed by atoms with Crippen LogP contribution < -0.4 is 0 Å². The average molecular weight is 467 g/mol. The molecule has 1 fully saturated rings. The minimum absolute atomic E-state index is 0.176.